The summed E-state index contributed by atoms with van der Waals surface area (Å²) in [5, 5.41) is 3.60. The Hall–Kier alpha value is -0.0800. The molecule has 0 heterocycles. The van der Waals surface area contributed by atoms with Crippen LogP contribution in [0.4, 0.5) is 0 Å². The average Bonchev–Trinajstić information content (AvgIpc) is 2.10. The number of hydrogen-bond donors (Lipinski definition) is 2. The largest absolute Gasteiger partial charge is 0.330 e. The van der Waals surface area contributed by atoms with Gasteiger partial charge in [-0.05, 0) is 45.7 Å². The van der Waals surface area contributed by atoms with E-state index in [1.165, 1.54) is 25.7 Å². The third kappa shape index (κ3) is 6.39. The topological polar surface area (TPSA) is 38.0 Å². The van der Waals surface area contributed by atoms with Crippen LogP contribution in [0.15, 0.2) is 0 Å². The maximum atomic E-state index is 5.44. The van der Waals surface area contributed by atoms with Crippen LogP contribution in [0.5, 0.6) is 0 Å². The van der Waals surface area contributed by atoms with E-state index in [0.29, 0.717) is 5.92 Å². The van der Waals surface area contributed by atoms with Crippen LogP contribution in [-0.2, 0) is 0 Å². The summed E-state index contributed by atoms with van der Waals surface area (Å²) in [4.78, 5) is 0. The van der Waals surface area contributed by atoms with Gasteiger partial charge in [0.15, 0.2) is 0 Å². The Labute approximate surface area is 89.6 Å². The van der Waals surface area contributed by atoms with Gasteiger partial charge in [0.05, 0.1) is 0 Å². The van der Waals surface area contributed by atoms with Crippen molar-refractivity contribution >= 4 is 0 Å². The van der Waals surface area contributed by atoms with Gasteiger partial charge in [-0.25, -0.2) is 0 Å². The molecule has 0 saturated heterocycles. The van der Waals surface area contributed by atoms with Crippen LogP contribution < -0.4 is 11.1 Å². The molecule has 2 heteroatoms. The Morgan fingerprint density at radius 3 is 2.14 bits per heavy atom. The standard InChI is InChI=1S/C12H28N2/c1-11(2)12(3,4)14-10-8-6-5-7-9-13/h11,14H,5-10,13H2,1-4H3. The van der Waals surface area contributed by atoms with Crippen molar-refractivity contribution in [2.24, 2.45) is 11.7 Å². The monoisotopic (exact) mass is 200 g/mol. The fraction of sp³-hybridized carbons (Fsp3) is 1.00. The molecule has 0 unspecified atom stereocenters. The van der Waals surface area contributed by atoms with Gasteiger partial charge in [0.25, 0.3) is 0 Å². The molecule has 0 aliphatic rings. The Balaban J connectivity index is 3.35. The van der Waals surface area contributed by atoms with E-state index in [-0.39, 0.29) is 5.54 Å². The summed E-state index contributed by atoms with van der Waals surface area (Å²) in [5.41, 5.74) is 5.71. The minimum Gasteiger partial charge on any atom is -0.330 e. The molecule has 2 nitrogen and oxygen atoms in total. The SMILES string of the molecule is CC(C)C(C)(C)NCCCCCCN. The zero-order valence-corrected chi connectivity index (χ0v) is 10.4. The number of nitrogens with one attached hydrogen (secondary N) is 1. The van der Waals surface area contributed by atoms with Crippen molar-refractivity contribution < 1.29 is 0 Å². The Bertz CT molecular complexity index is 130. The minimum atomic E-state index is 0.272. The highest BCUT2D eigenvalue weighted by molar-refractivity contribution is 4.80. The van der Waals surface area contributed by atoms with E-state index in [1.54, 1.807) is 0 Å². The highest BCUT2D eigenvalue weighted by atomic mass is 15.0. The quantitative estimate of drug-likeness (QED) is 0.591. The van der Waals surface area contributed by atoms with Crippen molar-refractivity contribution in [1.82, 2.24) is 5.32 Å². The number of unbranched alkanes of at least 4 members (excludes halogenated alkanes) is 3. The molecule has 0 fully saturated rings. The predicted molar refractivity (Wildman–Crippen MR) is 64.4 cm³/mol. The van der Waals surface area contributed by atoms with Crippen molar-refractivity contribution in [2.75, 3.05) is 13.1 Å². The predicted octanol–water partition coefficient (Wildman–Crippen LogP) is 2.53. The first-order chi connectivity index (χ1) is 6.50. The van der Waals surface area contributed by atoms with Crippen molar-refractivity contribution in [1.29, 1.82) is 0 Å². The van der Waals surface area contributed by atoms with Gasteiger partial charge in [0.2, 0.25) is 0 Å². The molecule has 3 N–H and O–H groups in total. The lowest BCUT2D eigenvalue weighted by atomic mass is 9.90. The van der Waals surface area contributed by atoms with Crippen LogP contribution in [0.25, 0.3) is 0 Å². The molecule has 0 atom stereocenters. The second-order valence-corrected chi connectivity index (χ2v) is 5.01. The molecule has 0 bridgehead atoms. The number of hydrogen-bond acceptors (Lipinski definition) is 2. The Morgan fingerprint density at radius 1 is 1.07 bits per heavy atom. The zero-order chi connectivity index (χ0) is 11.0. The first kappa shape index (κ1) is 13.9. The molecule has 0 aromatic carbocycles. The van der Waals surface area contributed by atoms with E-state index in [4.69, 9.17) is 5.73 Å². The van der Waals surface area contributed by atoms with E-state index in [0.717, 1.165) is 13.1 Å². The molecule has 0 aliphatic carbocycles. The highest BCUT2D eigenvalue weighted by Gasteiger charge is 2.20. The molecule has 14 heavy (non-hydrogen) atoms. The molecule has 0 radical (unpaired) electrons. The first-order valence-electron chi connectivity index (χ1n) is 5.96. The van der Waals surface area contributed by atoms with Gasteiger partial charge in [0.1, 0.15) is 0 Å². The molecular formula is C12H28N2. The molecule has 0 aromatic rings. The van der Waals surface area contributed by atoms with E-state index < -0.39 is 0 Å². The molecule has 0 saturated carbocycles. The van der Waals surface area contributed by atoms with Crippen LogP contribution >= 0.6 is 0 Å². The van der Waals surface area contributed by atoms with Gasteiger partial charge >= 0.3 is 0 Å². The third-order valence-electron chi connectivity index (χ3n) is 3.15. The first-order valence-corrected chi connectivity index (χ1v) is 5.96. The summed E-state index contributed by atoms with van der Waals surface area (Å²) in [6.45, 7) is 11.1. The highest BCUT2D eigenvalue weighted by Crippen LogP contribution is 2.14. The summed E-state index contributed by atoms with van der Waals surface area (Å²) >= 11 is 0. The van der Waals surface area contributed by atoms with E-state index in [1.807, 2.05) is 0 Å². The summed E-state index contributed by atoms with van der Waals surface area (Å²) in [5.74, 6) is 0.687. The molecule has 0 spiro atoms. The fourth-order valence-corrected chi connectivity index (χ4v) is 1.24. The minimum absolute atomic E-state index is 0.272. The maximum absolute atomic E-state index is 5.44. The lowest BCUT2D eigenvalue weighted by molar-refractivity contribution is 0.286. The van der Waals surface area contributed by atoms with E-state index >= 15 is 0 Å². The molecule has 0 rings (SSSR count). The zero-order valence-electron chi connectivity index (χ0n) is 10.4. The van der Waals surface area contributed by atoms with E-state index in [2.05, 4.69) is 33.0 Å². The number of nitrogens with two attached hydrogens (primary N) is 1. The van der Waals surface area contributed by atoms with Gasteiger partial charge in [-0.15, -0.1) is 0 Å². The third-order valence-corrected chi connectivity index (χ3v) is 3.15. The van der Waals surface area contributed by atoms with Crippen LogP contribution in [0.3, 0.4) is 0 Å². The Kier molecular flexibility index (Phi) is 7.20. The van der Waals surface area contributed by atoms with Crippen molar-refractivity contribution in [3.05, 3.63) is 0 Å². The maximum Gasteiger partial charge on any atom is 0.0148 e. The van der Waals surface area contributed by atoms with Crippen molar-refractivity contribution in [2.45, 2.75) is 58.9 Å². The van der Waals surface area contributed by atoms with E-state index in [9.17, 15) is 0 Å². The van der Waals surface area contributed by atoms with Crippen molar-refractivity contribution in [3.63, 3.8) is 0 Å². The smallest absolute Gasteiger partial charge is 0.0148 e. The average molecular weight is 200 g/mol. The summed E-state index contributed by atoms with van der Waals surface area (Å²) in [6, 6.07) is 0. The lowest BCUT2D eigenvalue weighted by Gasteiger charge is -2.30. The summed E-state index contributed by atoms with van der Waals surface area (Å²) in [7, 11) is 0. The lowest BCUT2D eigenvalue weighted by Crippen LogP contribution is -2.44. The van der Waals surface area contributed by atoms with Gasteiger partial charge in [-0.2, -0.15) is 0 Å². The molecular weight excluding hydrogens is 172 g/mol. The second-order valence-electron chi connectivity index (χ2n) is 5.01. The van der Waals surface area contributed by atoms with Crippen LogP contribution in [-0.4, -0.2) is 18.6 Å². The molecule has 0 amide bonds. The molecule has 86 valence electrons. The van der Waals surface area contributed by atoms with Gasteiger partial charge in [-0.1, -0.05) is 26.7 Å². The molecule has 0 aromatic heterocycles. The van der Waals surface area contributed by atoms with Crippen LogP contribution in [0.1, 0.15) is 53.4 Å². The van der Waals surface area contributed by atoms with Gasteiger partial charge in [0, 0.05) is 5.54 Å². The Morgan fingerprint density at radius 2 is 1.64 bits per heavy atom. The fourth-order valence-electron chi connectivity index (χ4n) is 1.24. The van der Waals surface area contributed by atoms with Crippen molar-refractivity contribution in [3.8, 4) is 0 Å². The number of rotatable bonds is 8. The van der Waals surface area contributed by atoms with Crippen LogP contribution in [0.2, 0.25) is 0 Å². The normalized spacial score (nSPS) is 12.4. The van der Waals surface area contributed by atoms with Gasteiger partial charge < -0.3 is 11.1 Å². The van der Waals surface area contributed by atoms with Crippen LogP contribution in [0, 0.1) is 5.92 Å². The van der Waals surface area contributed by atoms with Gasteiger partial charge in [-0.3, -0.25) is 0 Å². The summed E-state index contributed by atoms with van der Waals surface area (Å²) < 4.78 is 0. The summed E-state index contributed by atoms with van der Waals surface area (Å²) in [6.07, 6.45) is 5.03. The second kappa shape index (κ2) is 7.24. The molecule has 0 aliphatic heterocycles.